The summed E-state index contributed by atoms with van der Waals surface area (Å²) in [7, 11) is 0. The normalized spacial score (nSPS) is 13.9. The molecule has 4 nitrogen and oxygen atoms in total. The maximum absolute atomic E-state index is 12.2. The molecule has 0 unspecified atom stereocenters. The van der Waals surface area contributed by atoms with E-state index in [9.17, 15) is 4.79 Å². The van der Waals surface area contributed by atoms with Gasteiger partial charge < -0.3 is 5.32 Å². The molecule has 0 saturated carbocycles. The van der Waals surface area contributed by atoms with Gasteiger partial charge in [0.1, 0.15) is 10.1 Å². The SMILES string of the molecule is Cc1cccc(Sc2nccnc2SCC(=O)NCCC2=CCCCC2)c1. The average Bonchev–Trinajstić information content (AvgIpc) is 2.68. The molecule has 0 bridgehead atoms. The number of allylic oxidation sites excluding steroid dienone is 1. The molecule has 1 amide bonds. The molecule has 2 aromatic rings. The quantitative estimate of drug-likeness (QED) is 0.498. The van der Waals surface area contributed by atoms with Gasteiger partial charge in [-0.1, -0.05) is 52.9 Å². The van der Waals surface area contributed by atoms with Crippen molar-refractivity contribution in [3.8, 4) is 0 Å². The van der Waals surface area contributed by atoms with Gasteiger partial charge in [0, 0.05) is 23.8 Å². The molecule has 1 aliphatic rings. The Hall–Kier alpha value is -1.79. The first kappa shape index (κ1) is 20.0. The topological polar surface area (TPSA) is 54.9 Å². The zero-order chi connectivity index (χ0) is 18.9. The van der Waals surface area contributed by atoms with Crippen molar-refractivity contribution >= 4 is 29.4 Å². The van der Waals surface area contributed by atoms with Crippen LogP contribution in [0.2, 0.25) is 0 Å². The zero-order valence-electron chi connectivity index (χ0n) is 15.6. The fraction of sp³-hybridized carbons (Fsp3) is 0.381. The van der Waals surface area contributed by atoms with Crippen molar-refractivity contribution in [2.45, 2.75) is 54.0 Å². The Morgan fingerprint density at radius 1 is 1.19 bits per heavy atom. The summed E-state index contributed by atoms with van der Waals surface area (Å²) in [6, 6.07) is 8.30. The molecule has 27 heavy (non-hydrogen) atoms. The first-order valence-electron chi connectivity index (χ1n) is 9.33. The van der Waals surface area contributed by atoms with Crippen LogP contribution in [0.5, 0.6) is 0 Å². The Balaban J connectivity index is 1.48. The molecule has 3 rings (SSSR count). The van der Waals surface area contributed by atoms with E-state index >= 15 is 0 Å². The summed E-state index contributed by atoms with van der Waals surface area (Å²) in [5.74, 6) is 0.410. The van der Waals surface area contributed by atoms with Crippen LogP contribution in [0.1, 0.15) is 37.7 Å². The van der Waals surface area contributed by atoms with Crippen LogP contribution in [0.4, 0.5) is 0 Å². The lowest BCUT2D eigenvalue weighted by atomic mass is 9.97. The number of rotatable bonds is 8. The first-order valence-corrected chi connectivity index (χ1v) is 11.1. The zero-order valence-corrected chi connectivity index (χ0v) is 17.2. The molecule has 142 valence electrons. The molecule has 0 saturated heterocycles. The Bertz CT molecular complexity index is 808. The number of nitrogens with zero attached hydrogens (tertiary/aromatic N) is 2. The lowest BCUT2D eigenvalue weighted by Gasteiger charge is -2.13. The average molecular weight is 400 g/mol. The Morgan fingerprint density at radius 2 is 2.04 bits per heavy atom. The third kappa shape index (κ3) is 6.70. The maximum Gasteiger partial charge on any atom is 0.230 e. The second-order valence-corrected chi connectivity index (χ2v) is 8.61. The second-order valence-electron chi connectivity index (χ2n) is 6.58. The number of aromatic nitrogens is 2. The summed E-state index contributed by atoms with van der Waals surface area (Å²) >= 11 is 3.03. The Labute approximate surface area is 169 Å². The third-order valence-corrected chi connectivity index (χ3v) is 6.42. The highest BCUT2D eigenvalue weighted by Gasteiger charge is 2.11. The molecular weight excluding hydrogens is 374 g/mol. The summed E-state index contributed by atoms with van der Waals surface area (Å²) in [6.45, 7) is 2.79. The van der Waals surface area contributed by atoms with Crippen molar-refractivity contribution in [1.29, 1.82) is 0 Å². The van der Waals surface area contributed by atoms with Crippen LogP contribution in [0, 0.1) is 6.92 Å². The van der Waals surface area contributed by atoms with E-state index < -0.39 is 0 Å². The van der Waals surface area contributed by atoms with Gasteiger partial charge in [-0.2, -0.15) is 0 Å². The summed E-state index contributed by atoms with van der Waals surface area (Å²) in [4.78, 5) is 22.2. The highest BCUT2D eigenvalue weighted by Crippen LogP contribution is 2.32. The smallest absolute Gasteiger partial charge is 0.230 e. The van der Waals surface area contributed by atoms with Crippen LogP contribution in [0.3, 0.4) is 0 Å². The summed E-state index contributed by atoms with van der Waals surface area (Å²) in [6.07, 6.45) is 11.6. The molecule has 1 aromatic carbocycles. The molecule has 0 spiro atoms. The minimum Gasteiger partial charge on any atom is -0.355 e. The third-order valence-electron chi connectivity index (χ3n) is 4.33. The number of nitrogens with one attached hydrogen (secondary N) is 1. The standard InChI is InChI=1S/C21H25N3OS2/c1-16-6-5-9-18(14-16)27-21-20(23-12-13-24-21)26-15-19(25)22-11-10-17-7-3-2-4-8-17/h5-7,9,12-14H,2-4,8,10-11,15H2,1H3,(H,22,25). The Morgan fingerprint density at radius 3 is 2.81 bits per heavy atom. The van der Waals surface area contributed by atoms with Crippen LogP contribution in [-0.4, -0.2) is 28.2 Å². The van der Waals surface area contributed by atoms with E-state index in [4.69, 9.17) is 0 Å². The molecule has 1 aromatic heterocycles. The first-order chi connectivity index (χ1) is 13.2. The van der Waals surface area contributed by atoms with Crippen molar-refractivity contribution in [2.24, 2.45) is 0 Å². The van der Waals surface area contributed by atoms with Crippen LogP contribution in [-0.2, 0) is 4.79 Å². The van der Waals surface area contributed by atoms with Gasteiger partial charge in [0.2, 0.25) is 5.91 Å². The fourth-order valence-corrected chi connectivity index (χ4v) is 4.80. The van der Waals surface area contributed by atoms with Gasteiger partial charge in [0.25, 0.3) is 0 Å². The van der Waals surface area contributed by atoms with Gasteiger partial charge in [-0.15, -0.1) is 0 Å². The molecule has 1 N–H and O–H groups in total. The van der Waals surface area contributed by atoms with Crippen LogP contribution in [0.25, 0.3) is 0 Å². The number of amides is 1. The predicted molar refractivity (Wildman–Crippen MR) is 112 cm³/mol. The van der Waals surface area contributed by atoms with Crippen LogP contribution < -0.4 is 5.32 Å². The monoisotopic (exact) mass is 399 g/mol. The van der Waals surface area contributed by atoms with Gasteiger partial charge in [-0.25, -0.2) is 9.97 Å². The molecule has 6 heteroatoms. The molecule has 0 radical (unpaired) electrons. The number of aryl methyl sites for hydroxylation is 1. The predicted octanol–water partition coefficient (Wildman–Crippen LogP) is 5.04. The maximum atomic E-state index is 12.2. The van der Waals surface area contributed by atoms with E-state index in [-0.39, 0.29) is 5.91 Å². The van der Waals surface area contributed by atoms with Crippen molar-refractivity contribution in [3.63, 3.8) is 0 Å². The second kappa shape index (κ2) is 10.5. The Kier molecular flexibility index (Phi) is 7.78. The van der Waals surface area contributed by atoms with E-state index in [0.717, 1.165) is 27.9 Å². The minimum absolute atomic E-state index is 0.0496. The summed E-state index contributed by atoms with van der Waals surface area (Å²) < 4.78 is 0. The van der Waals surface area contributed by atoms with Gasteiger partial charge in [0.05, 0.1) is 5.75 Å². The molecular formula is C21H25N3OS2. The van der Waals surface area contributed by atoms with Gasteiger partial charge in [-0.3, -0.25) is 4.79 Å². The fourth-order valence-electron chi connectivity index (χ4n) is 2.95. The van der Waals surface area contributed by atoms with E-state index in [1.165, 1.54) is 48.6 Å². The molecule has 0 atom stereocenters. The largest absolute Gasteiger partial charge is 0.355 e. The number of benzene rings is 1. The van der Waals surface area contributed by atoms with Crippen molar-refractivity contribution in [2.75, 3.05) is 12.3 Å². The minimum atomic E-state index is 0.0496. The van der Waals surface area contributed by atoms with Crippen LogP contribution in [0.15, 0.2) is 63.3 Å². The van der Waals surface area contributed by atoms with Crippen molar-refractivity contribution in [3.05, 3.63) is 53.9 Å². The summed E-state index contributed by atoms with van der Waals surface area (Å²) in [5.41, 5.74) is 2.70. The lowest BCUT2D eigenvalue weighted by Crippen LogP contribution is -2.26. The van der Waals surface area contributed by atoms with Gasteiger partial charge in [0.15, 0.2) is 0 Å². The van der Waals surface area contributed by atoms with E-state index in [2.05, 4.69) is 46.5 Å². The molecule has 1 heterocycles. The highest BCUT2D eigenvalue weighted by molar-refractivity contribution is 8.02. The number of hydrogen-bond donors (Lipinski definition) is 1. The van der Waals surface area contributed by atoms with Crippen LogP contribution >= 0.6 is 23.5 Å². The molecule has 0 aliphatic heterocycles. The highest BCUT2D eigenvalue weighted by atomic mass is 32.2. The van der Waals surface area contributed by atoms with Gasteiger partial charge >= 0.3 is 0 Å². The summed E-state index contributed by atoms with van der Waals surface area (Å²) in [5, 5.41) is 4.66. The number of carbonyl (C=O) groups is 1. The van der Waals surface area contributed by atoms with Gasteiger partial charge in [-0.05, 0) is 51.2 Å². The lowest BCUT2D eigenvalue weighted by molar-refractivity contribution is -0.118. The van der Waals surface area contributed by atoms with Crippen molar-refractivity contribution in [1.82, 2.24) is 15.3 Å². The van der Waals surface area contributed by atoms with E-state index in [1.54, 1.807) is 24.2 Å². The molecule has 1 aliphatic carbocycles. The van der Waals surface area contributed by atoms with E-state index in [1.807, 2.05) is 6.07 Å². The number of carbonyl (C=O) groups excluding carboxylic acids is 1. The van der Waals surface area contributed by atoms with Crippen molar-refractivity contribution < 1.29 is 4.79 Å². The van der Waals surface area contributed by atoms with E-state index in [0.29, 0.717) is 5.75 Å². The number of hydrogen-bond acceptors (Lipinski definition) is 5. The molecule has 0 fully saturated rings. The number of thioether (sulfide) groups is 1.